The van der Waals surface area contributed by atoms with Crippen molar-refractivity contribution in [3.63, 3.8) is 0 Å². The van der Waals surface area contributed by atoms with Crippen LogP contribution in [0.4, 0.5) is 5.69 Å². The van der Waals surface area contributed by atoms with Crippen LogP contribution in [0.3, 0.4) is 0 Å². The third kappa shape index (κ3) is 5.99. The van der Waals surface area contributed by atoms with Gasteiger partial charge in [0.15, 0.2) is 0 Å². The number of aryl methyl sites for hydroxylation is 2. The molecule has 196 valence electrons. The van der Waals surface area contributed by atoms with Gasteiger partial charge in [0.2, 0.25) is 5.91 Å². The van der Waals surface area contributed by atoms with Gasteiger partial charge in [-0.2, -0.15) is 0 Å². The molecule has 3 aromatic rings. The predicted octanol–water partition coefficient (Wildman–Crippen LogP) is 6.04. The lowest BCUT2D eigenvalue weighted by Gasteiger charge is -2.38. The van der Waals surface area contributed by atoms with E-state index in [0.717, 1.165) is 28.0 Å². The number of nitrogens with one attached hydrogen (secondary N) is 1. The van der Waals surface area contributed by atoms with E-state index in [9.17, 15) is 13.2 Å². The zero-order chi connectivity index (χ0) is 27.0. The normalized spacial score (nSPS) is 16.6. The van der Waals surface area contributed by atoms with Gasteiger partial charge in [0.25, 0.3) is 10.0 Å². The fourth-order valence-corrected chi connectivity index (χ4v) is 6.06. The highest BCUT2D eigenvalue weighted by Gasteiger charge is 2.35. The second kappa shape index (κ2) is 10.2. The maximum absolute atomic E-state index is 13.8. The van der Waals surface area contributed by atoms with Crippen molar-refractivity contribution in [1.82, 2.24) is 5.32 Å². The second-order valence-corrected chi connectivity index (χ2v) is 12.7. The Morgan fingerprint density at radius 1 is 1.00 bits per heavy atom. The van der Waals surface area contributed by atoms with Crippen molar-refractivity contribution in [3.05, 3.63) is 89.0 Å². The van der Waals surface area contributed by atoms with E-state index in [-0.39, 0.29) is 23.4 Å². The van der Waals surface area contributed by atoms with Gasteiger partial charge in [-0.3, -0.25) is 9.10 Å². The molecular weight excluding hydrogens is 484 g/mol. The maximum Gasteiger partial charge on any atom is 0.264 e. The van der Waals surface area contributed by atoms with Crippen LogP contribution >= 0.6 is 0 Å². The molecule has 6 nitrogen and oxygen atoms in total. The Bertz CT molecular complexity index is 1380. The summed E-state index contributed by atoms with van der Waals surface area (Å²) in [7, 11) is -3.98. The molecule has 0 spiro atoms. The molecule has 0 aromatic heterocycles. The topological polar surface area (TPSA) is 75.7 Å². The van der Waals surface area contributed by atoms with Crippen LogP contribution in [0.25, 0.3) is 0 Å². The summed E-state index contributed by atoms with van der Waals surface area (Å²) in [6.45, 7) is 11.7. The van der Waals surface area contributed by atoms with Gasteiger partial charge in [0, 0.05) is 12.0 Å². The van der Waals surface area contributed by atoms with Crippen LogP contribution in [-0.4, -0.2) is 26.5 Å². The van der Waals surface area contributed by atoms with E-state index in [1.807, 2.05) is 58.0 Å². The third-order valence-corrected chi connectivity index (χ3v) is 8.49. The summed E-state index contributed by atoms with van der Waals surface area (Å²) >= 11 is 0. The van der Waals surface area contributed by atoms with E-state index in [1.54, 1.807) is 36.4 Å². The molecule has 3 aromatic carbocycles. The quantitative estimate of drug-likeness (QED) is 0.412. The van der Waals surface area contributed by atoms with E-state index < -0.39 is 15.6 Å². The molecule has 0 radical (unpaired) electrons. The van der Waals surface area contributed by atoms with Gasteiger partial charge >= 0.3 is 0 Å². The Morgan fingerprint density at radius 2 is 1.62 bits per heavy atom. The number of amides is 1. The molecule has 1 aliphatic heterocycles. The van der Waals surface area contributed by atoms with Crippen molar-refractivity contribution in [1.29, 1.82) is 0 Å². The molecular formula is C30H36N2O4S. The summed E-state index contributed by atoms with van der Waals surface area (Å²) in [5.41, 5.74) is 3.99. The lowest BCUT2D eigenvalue weighted by Crippen LogP contribution is -2.45. The maximum atomic E-state index is 13.8. The Morgan fingerprint density at radius 3 is 2.24 bits per heavy atom. The van der Waals surface area contributed by atoms with Crippen molar-refractivity contribution in [2.24, 2.45) is 0 Å². The van der Waals surface area contributed by atoms with E-state index in [2.05, 4.69) is 19.2 Å². The fraction of sp³-hybridized carbons (Fsp3) is 0.367. The molecule has 37 heavy (non-hydrogen) atoms. The van der Waals surface area contributed by atoms with Crippen LogP contribution < -0.4 is 14.4 Å². The van der Waals surface area contributed by atoms with Gasteiger partial charge in [-0.25, -0.2) is 8.42 Å². The van der Waals surface area contributed by atoms with Gasteiger partial charge in [-0.1, -0.05) is 55.8 Å². The first-order valence-electron chi connectivity index (χ1n) is 12.6. The first-order chi connectivity index (χ1) is 17.4. The van der Waals surface area contributed by atoms with Crippen LogP contribution in [0.2, 0.25) is 0 Å². The minimum atomic E-state index is -3.98. The fourth-order valence-electron chi connectivity index (χ4n) is 4.64. The third-order valence-electron chi connectivity index (χ3n) is 6.71. The monoisotopic (exact) mass is 520 g/mol. The molecule has 1 heterocycles. The molecule has 7 heteroatoms. The van der Waals surface area contributed by atoms with Crippen molar-refractivity contribution in [3.8, 4) is 5.75 Å². The predicted molar refractivity (Wildman–Crippen MR) is 148 cm³/mol. The summed E-state index contributed by atoms with van der Waals surface area (Å²) < 4.78 is 34.9. The number of rotatable bonds is 7. The summed E-state index contributed by atoms with van der Waals surface area (Å²) in [5.74, 6) is 0.674. The number of sulfonamides is 1. The SMILES string of the molecule is Cc1ccc(S(=O)(=O)N(CC(=O)NC2CC(C)(C)Oc3cc(C)ccc32)c2ccc(C(C)C)cc2)cc1. The zero-order valence-electron chi connectivity index (χ0n) is 22.4. The van der Waals surface area contributed by atoms with Crippen LogP contribution in [-0.2, 0) is 14.8 Å². The summed E-state index contributed by atoms with van der Waals surface area (Å²) in [6, 6.07) is 19.7. The van der Waals surface area contributed by atoms with Gasteiger partial charge in [-0.05, 0) is 75.1 Å². The average Bonchev–Trinajstić information content (AvgIpc) is 2.81. The molecule has 0 bridgehead atoms. The van der Waals surface area contributed by atoms with Crippen molar-refractivity contribution in [2.75, 3.05) is 10.8 Å². The summed E-state index contributed by atoms with van der Waals surface area (Å²) in [6.07, 6.45) is 0.572. The first-order valence-corrected chi connectivity index (χ1v) is 14.1. The molecule has 0 aliphatic carbocycles. The summed E-state index contributed by atoms with van der Waals surface area (Å²) in [4.78, 5) is 13.6. The molecule has 1 atom stereocenters. The lowest BCUT2D eigenvalue weighted by atomic mass is 9.89. The number of hydrogen-bond donors (Lipinski definition) is 1. The molecule has 0 saturated heterocycles. The average molecular weight is 521 g/mol. The number of carbonyl (C=O) groups is 1. The number of anilines is 1. The van der Waals surface area contributed by atoms with Crippen LogP contribution in [0.1, 0.15) is 68.3 Å². The van der Waals surface area contributed by atoms with E-state index in [1.165, 1.54) is 4.31 Å². The molecule has 1 aliphatic rings. The van der Waals surface area contributed by atoms with Crippen molar-refractivity contribution in [2.45, 2.75) is 70.4 Å². The first kappa shape index (κ1) is 26.7. The van der Waals surface area contributed by atoms with Gasteiger partial charge in [0.1, 0.15) is 17.9 Å². The molecule has 4 rings (SSSR count). The standard InChI is InChI=1S/C30H36N2O4S/c1-20(2)23-10-12-24(13-11-23)32(37(34,35)25-14-7-21(3)8-15-25)19-29(33)31-27-18-30(5,6)36-28-17-22(4)9-16-26(27)28/h7-17,20,27H,18-19H2,1-6H3,(H,31,33). The van der Waals surface area contributed by atoms with Gasteiger partial charge in [-0.15, -0.1) is 0 Å². The number of nitrogens with zero attached hydrogens (tertiary/aromatic N) is 1. The minimum Gasteiger partial charge on any atom is -0.487 e. The molecule has 1 unspecified atom stereocenters. The van der Waals surface area contributed by atoms with E-state index >= 15 is 0 Å². The Hall–Kier alpha value is -3.32. The highest BCUT2D eigenvalue weighted by Crippen LogP contribution is 2.40. The Balaban J connectivity index is 1.65. The smallest absolute Gasteiger partial charge is 0.264 e. The van der Waals surface area contributed by atoms with Gasteiger partial charge < -0.3 is 10.1 Å². The van der Waals surface area contributed by atoms with Gasteiger partial charge in [0.05, 0.1) is 16.6 Å². The minimum absolute atomic E-state index is 0.145. The van der Waals surface area contributed by atoms with E-state index in [0.29, 0.717) is 18.0 Å². The largest absolute Gasteiger partial charge is 0.487 e. The zero-order valence-corrected chi connectivity index (χ0v) is 23.2. The Kier molecular flexibility index (Phi) is 7.38. The van der Waals surface area contributed by atoms with Crippen molar-refractivity contribution >= 4 is 21.6 Å². The lowest BCUT2D eigenvalue weighted by molar-refractivity contribution is -0.120. The summed E-state index contributed by atoms with van der Waals surface area (Å²) in [5, 5.41) is 3.09. The van der Waals surface area contributed by atoms with Crippen LogP contribution in [0.15, 0.2) is 71.6 Å². The number of fused-ring (bicyclic) bond motifs is 1. The second-order valence-electron chi connectivity index (χ2n) is 10.8. The van der Waals surface area contributed by atoms with Crippen molar-refractivity contribution < 1.29 is 17.9 Å². The number of hydrogen-bond acceptors (Lipinski definition) is 4. The highest BCUT2D eigenvalue weighted by atomic mass is 32.2. The molecule has 0 fully saturated rings. The molecule has 1 amide bonds. The highest BCUT2D eigenvalue weighted by molar-refractivity contribution is 7.92. The number of carbonyl (C=O) groups excluding carboxylic acids is 1. The molecule has 0 saturated carbocycles. The van der Waals surface area contributed by atoms with Crippen LogP contribution in [0, 0.1) is 13.8 Å². The number of benzene rings is 3. The number of ether oxygens (including phenoxy) is 1. The Labute approximate surface area is 220 Å². The van der Waals surface area contributed by atoms with Crippen LogP contribution in [0.5, 0.6) is 5.75 Å². The van der Waals surface area contributed by atoms with E-state index in [4.69, 9.17) is 4.74 Å². The molecule has 1 N–H and O–H groups in total.